The van der Waals surface area contributed by atoms with Crippen molar-refractivity contribution in [2.24, 2.45) is 5.92 Å². The Hall–Kier alpha value is -1.85. The molecule has 1 aromatic carbocycles. The molecule has 0 fully saturated rings. The van der Waals surface area contributed by atoms with Gasteiger partial charge in [-0.15, -0.1) is 0 Å². The van der Waals surface area contributed by atoms with Crippen LogP contribution in [0.5, 0.6) is 5.75 Å². The van der Waals surface area contributed by atoms with Crippen LogP contribution in [-0.4, -0.2) is 25.9 Å². The smallest absolute Gasteiger partial charge is 0.408 e. The van der Waals surface area contributed by atoms with Gasteiger partial charge in [0, 0.05) is 11.6 Å². The first-order chi connectivity index (χ1) is 10.0. The molecule has 2 rings (SSSR count). The van der Waals surface area contributed by atoms with Crippen LogP contribution in [0.15, 0.2) is 36.6 Å². The van der Waals surface area contributed by atoms with Crippen LogP contribution in [0.2, 0.25) is 0 Å². The standard InChI is InChI=1S/C15H18F3NO2/c1-20-13-7-5-12(6-8-13)19-14(15(16,17)18)11-4-2-3-9-21-10-11/h3,5-9,11,14,19H,2,4,10H2,1H3/t11-,14+/m1/s1. The van der Waals surface area contributed by atoms with E-state index in [1.807, 2.05) is 0 Å². The summed E-state index contributed by atoms with van der Waals surface area (Å²) in [5.41, 5.74) is 0.412. The number of allylic oxidation sites excluding steroid dienone is 1. The van der Waals surface area contributed by atoms with E-state index in [0.717, 1.165) is 0 Å². The maximum Gasteiger partial charge on any atom is 0.408 e. The average molecular weight is 301 g/mol. The molecule has 1 aliphatic heterocycles. The molecule has 3 nitrogen and oxygen atoms in total. The van der Waals surface area contributed by atoms with E-state index in [9.17, 15) is 13.2 Å². The number of halogens is 3. The Balaban J connectivity index is 2.12. The van der Waals surface area contributed by atoms with Crippen molar-refractivity contribution in [2.75, 3.05) is 19.0 Å². The van der Waals surface area contributed by atoms with E-state index >= 15 is 0 Å². The fourth-order valence-electron chi connectivity index (χ4n) is 2.31. The Morgan fingerprint density at radius 3 is 2.62 bits per heavy atom. The van der Waals surface area contributed by atoms with Crippen molar-refractivity contribution < 1.29 is 22.6 Å². The van der Waals surface area contributed by atoms with Gasteiger partial charge < -0.3 is 14.8 Å². The van der Waals surface area contributed by atoms with Gasteiger partial charge >= 0.3 is 6.18 Å². The van der Waals surface area contributed by atoms with Gasteiger partial charge in [-0.05, 0) is 43.2 Å². The Morgan fingerprint density at radius 1 is 1.29 bits per heavy atom. The molecule has 1 heterocycles. The highest BCUT2D eigenvalue weighted by atomic mass is 19.4. The second kappa shape index (κ2) is 6.74. The first kappa shape index (κ1) is 15.5. The molecule has 0 unspecified atom stereocenters. The fourth-order valence-corrected chi connectivity index (χ4v) is 2.31. The summed E-state index contributed by atoms with van der Waals surface area (Å²) >= 11 is 0. The van der Waals surface area contributed by atoms with Gasteiger partial charge in [0.25, 0.3) is 0 Å². The van der Waals surface area contributed by atoms with E-state index in [1.54, 1.807) is 30.3 Å². The van der Waals surface area contributed by atoms with E-state index in [0.29, 0.717) is 24.3 Å². The summed E-state index contributed by atoms with van der Waals surface area (Å²) in [4.78, 5) is 0. The molecule has 0 amide bonds. The summed E-state index contributed by atoms with van der Waals surface area (Å²) in [6, 6.07) is 4.77. The molecule has 0 spiro atoms. The third-order valence-corrected chi connectivity index (χ3v) is 3.44. The zero-order valence-electron chi connectivity index (χ0n) is 11.7. The predicted octanol–water partition coefficient (Wildman–Crippen LogP) is 3.98. The Morgan fingerprint density at radius 2 is 2.00 bits per heavy atom. The van der Waals surface area contributed by atoms with Crippen LogP contribution in [-0.2, 0) is 4.74 Å². The van der Waals surface area contributed by atoms with Crippen molar-refractivity contribution in [3.63, 3.8) is 0 Å². The second-order valence-corrected chi connectivity index (χ2v) is 4.93. The normalized spacial score (nSPS) is 20.3. The zero-order chi connectivity index (χ0) is 15.3. The highest BCUT2D eigenvalue weighted by molar-refractivity contribution is 5.47. The van der Waals surface area contributed by atoms with E-state index < -0.39 is 18.1 Å². The molecule has 0 saturated heterocycles. The van der Waals surface area contributed by atoms with Gasteiger partial charge in [-0.2, -0.15) is 13.2 Å². The number of anilines is 1. The molecule has 116 valence electrons. The van der Waals surface area contributed by atoms with Crippen molar-refractivity contribution in [1.82, 2.24) is 0 Å². The third-order valence-electron chi connectivity index (χ3n) is 3.44. The summed E-state index contributed by atoms with van der Waals surface area (Å²) in [5.74, 6) is -0.0202. The second-order valence-electron chi connectivity index (χ2n) is 4.93. The van der Waals surface area contributed by atoms with Gasteiger partial charge in [0.15, 0.2) is 0 Å². The number of hydrogen-bond acceptors (Lipinski definition) is 3. The third kappa shape index (κ3) is 4.31. The monoisotopic (exact) mass is 301 g/mol. The minimum Gasteiger partial charge on any atom is -0.501 e. The Kier molecular flexibility index (Phi) is 4.98. The number of rotatable bonds is 4. The van der Waals surface area contributed by atoms with Gasteiger partial charge in [-0.25, -0.2) is 0 Å². The molecule has 21 heavy (non-hydrogen) atoms. The maximum atomic E-state index is 13.3. The molecule has 2 atom stereocenters. The highest BCUT2D eigenvalue weighted by Gasteiger charge is 2.44. The summed E-state index contributed by atoms with van der Waals surface area (Å²) in [7, 11) is 1.51. The number of ether oxygens (including phenoxy) is 2. The largest absolute Gasteiger partial charge is 0.501 e. The van der Waals surface area contributed by atoms with E-state index in [2.05, 4.69) is 5.32 Å². The Bertz CT molecular complexity index is 461. The molecule has 1 aliphatic rings. The van der Waals surface area contributed by atoms with Gasteiger partial charge in [-0.1, -0.05) is 0 Å². The molecular formula is C15H18F3NO2. The van der Waals surface area contributed by atoms with Crippen LogP contribution in [0.4, 0.5) is 18.9 Å². The first-order valence-corrected chi connectivity index (χ1v) is 6.74. The molecular weight excluding hydrogens is 283 g/mol. The predicted molar refractivity (Wildman–Crippen MR) is 74.3 cm³/mol. The molecule has 0 saturated carbocycles. The van der Waals surface area contributed by atoms with Crippen LogP contribution in [0.1, 0.15) is 12.8 Å². The van der Waals surface area contributed by atoms with Crippen LogP contribution in [0.3, 0.4) is 0 Å². The lowest BCUT2D eigenvalue weighted by molar-refractivity contribution is -0.156. The lowest BCUT2D eigenvalue weighted by Crippen LogP contribution is -2.44. The lowest BCUT2D eigenvalue weighted by Gasteiger charge is -2.29. The summed E-state index contributed by atoms with van der Waals surface area (Å²) < 4.78 is 50.0. The first-order valence-electron chi connectivity index (χ1n) is 6.74. The SMILES string of the molecule is COc1ccc(N[C@@H]([C@@H]2CCC=COC2)C(F)(F)F)cc1. The van der Waals surface area contributed by atoms with Gasteiger partial charge in [0.2, 0.25) is 0 Å². The number of benzene rings is 1. The number of hydrogen-bond donors (Lipinski definition) is 1. The molecule has 0 bridgehead atoms. The molecule has 1 N–H and O–H groups in total. The topological polar surface area (TPSA) is 30.5 Å². The van der Waals surface area contributed by atoms with Crippen molar-refractivity contribution >= 4 is 5.69 Å². The highest BCUT2D eigenvalue weighted by Crippen LogP contribution is 2.32. The number of alkyl halides is 3. The van der Waals surface area contributed by atoms with Crippen molar-refractivity contribution in [1.29, 1.82) is 0 Å². The summed E-state index contributed by atoms with van der Waals surface area (Å²) in [6.45, 7) is 0.0594. The van der Waals surface area contributed by atoms with Crippen LogP contribution >= 0.6 is 0 Å². The maximum absolute atomic E-state index is 13.3. The number of methoxy groups -OCH3 is 1. The minimum absolute atomic E-state index is 0.0594. The van der Waals surface area contributed by atoms with E-state index in [4.69, 9.17) is 9.47 Å². The quantitative estimate of drug-likeness (QED) is 0.912. The van der Waals surface area contributed by atoms with Crippen molar-refractivity contribution in [3.05, 3.63) is 36.6 Å². The lowest BCUT2D eigenvalue weighted by atomic mass is 9.94. The zero-order valence-corrected chi connectivity index (χ0v) is 11.7. The molecule has 0 aliphatic carbocycles. The molecule has 0 aromatic heterocycles. The van der Waals surface area contributed by atoms with Crippen LogP contribution in [0, 0.1) is 5.92 Å². The molecule has 0 radical (unpaired) electrons. The van der Waals surface area contributed by atoms with Gasteiger partial charge in [-0.3, -0.25) is 0 Å². The van der Waals surface area contributed by atoms with Crippen molar-refractivity contribution in [2.45, 2.75) is 25.1 Å². The van der Waals surface area contributed by atoms with Gasteiger partial charge in [0.05, 0.1) is 20.0 Å². The summed E-state index contributed by atoms with van der Waals surface area (Å²) in [5, 5.41) is 2.58. The van der Waals surface area contributed by atoms with E-state index in [-0.39, 0.29) is 6.61 Å². The summed E-state index contributed by atoms with van der Waals surface area (Å²) in [6.07, 6.45) is -0.0920. The fraction of sp³-hybridized carbons (Fsp3) is 0.467. The Labute approximate surface area is 121 Å². The van der Waals surface area contributed by atoms with E-state index in [1.165, 1.54) is 13.4 Å². The minimum atomic E-state index is -4.34. The average Bonchev–Trinajstić information content (AvgIpc) is 2.73. The van der Waals surface area contributed by atoms with Crippen molar-refractivity contribution in [3.8, 4) is 5.75 Å². The molecule has 1 aromatic rings. The number of nitrogens with one attached hydrogen (secondary N) is 1. The molecule has 6 heteroatoms. The van der Waals surface area contributed by atoms with Crippen LogP contribution in [0.25, 0.3) is 0 Å². The van der Waals surface area contributed by atoms with Crippen LogP contribution < -0.4 is 10.1 Å². The van der Waals surface area contributed by atoms with Gasteiger partial charge in [0.1, 0.15) is 11.8 Å².